The summed E-state index contributed by atoms with van der Waals surface area (Å²) < 4.78 is 1.74. The Hall–Kier alpha value is -2.33. The molecule has 1 aromatic carbocycles. The summed E-state index contributed by atoms with van der Waals surface area (Å²) in [6.07, 6.45) is 1.59. The van der Waals surface area contributed by atoms with Gasteiger partial charge in [-0.3, -0.25) is 4.79 Å². The number of benzene rings is 1. The fourth-order valence-electron chi connectivity index (χ4n) is 2.32. The number of pyridine rings is 1. The normalized spacial score (nSPS) is 11.0. The van der Waals surface area contributed by atoms with E-state index < -0.39 is 5.97 Å². The molecule has 5 heteroatoms. The third-order valence-electron chi connectivity index (χ3n) is 3.33. The maximum absolute atomic E-state index is 11.2. The van der Waals surface area contributed by atoms with E-state index in [0.29, 0.717) is 22.1 Å². The maximum atomic E-state index is 11.2. The van der Waals surface area contributed by atoms with E-state index in [1.165, 1.54) is 0 Å². The average molecular weight is 301 g/mol. The molecule has 0 radical (unpaired) electrons. The molecule has 0 saturated carbocycles. The first kappa shape index (κ1) is 13.6. The van der Waals surface area contributed by atoms with Crippen LogP contribution in [-0.4, -0.2) is 20.5 Å². The predicted octanol–water partition coefficient (Wildman–Crippen LogP) is 3.59. The number of aryl methyl sites for hydroxylation is 1. The van der Waals surface area contributed by atoms with Crippen LogP contribution in [0, 0.1) is 6.92 Å². The molecule has 0 aliphatic rings. The van der Waals surface area contributed by atoms with Gasteiger partial charge < -0.3 is 9.51 Å². The van der Waals surface area contributed by atoms with E-state index in [4.69, 9.17) is 16.7 Å². The molecule has 0 spiro atoms. The number of carboxylic acids is 1. The van der Waals surface area contributed by atoms with E-state index >= 15 is 0 Å². The van der Waals surface area contributed by atoms with Gasteiger partial charge in [-0.1, -0.05) is 41.4 Å². The number of halogens is 1. The minimum atomic E-state index is -0.898. The second kappa shape index (κ2) is 5.22. The van der Waals surface area contributed by atoms with Crippen LogP contribution < -0.4 is 0 Å². The van der Waals surface area contributed by atoms with Crippen molar-refractivity contribution in [2.24, 2.45) is 0 Å². The fourth-order valence-corrected chi connectivity index (χ4v) is 2.48. The molecular formula is C16H13ClN2O2. The van der Waals surface area contributed by atoms with E-state index in [0.717, 1.165) is 11.1 Å². The van der Waals surface area contributed by atoms with Crippen molar-refractivity contribution < 1.29 is 9.90 Å². The van der Waals surface area contributed by atoms with Crippen LogP contribution in [0.3, 0.4) is 0 Å². The number of hydrogen-bond acceptors (Lipinski definition) is 2. The van der Waals surface area contributed by atoms with E-state index in [2.05, 4.69) is 4.98 Å². The lowest BCUT2D eigenvalue weighted by molar-refractivity contribution is -0.136. The predicted molar refractivity (Wildman–Crippen MR) is 81.7 cm³/mol. The Labute approximate surface area is 126 Å². The fraction of sp³-hybridized carbons (Fsp3) is 0.125. The zero-order valence-electron chi connectivity index (χ0n) is 11.4. The van der Waals surface area contributed by atoms with Crippen LogP contribution in [0.15, 0.2) is 42.6 Å². The van der Waals surface area contributed by atoms with Gasteiger partial charge in [0.15, 0.2) is 0 Å². The molecule has 0 amide bonds. The first-order chi connectivity index (χ1) is 10.0. The van der Waals surface area contributed by atoms with Crippen LogP contribution in [0.2, 0.25) is 5.02 Å². The topological polar surface area (TPSA) is 54.6 Å². The van der Waals surface area contributed by atoms with Crippen molar-refractivity contribution in [3.63, 3.8) is 0 Å². The van der Waals surface area contributed by atoms with Crippen molar-refractivity contribution >= 4 is 23.2 Å². The molecule has 106 valence electrons. The summed E-state index contributed by atoms with van der Waals surface area (Å²) in [6.45, 7) is 2.01. The first-order valence-corrected chi connectivity index (χ1v) is 6.88. The number of fused-ring (bicyclic) bond motifs is 1. The number of carboxylic acid groups (broad SMARTS) is 1. The van der Waals surface area contributed by atoms with E-state index in [1.807, 2.05) is 31.2 Å². The van der Waals surface area contributed by atoms with Crippen LogP contribution in [0.25, 0.3) is 16.9 Å². The van der Waals surface area contributed by atoms with Crippen molar-refractivity contribution in [1.82, 2.24) is 9.38 Å². The second-order valence-electron chi connectivity index (χ2n) is 4.92. The van der Waals surface area contributed by atoms with Gasteiger partial charge in [-0.25, -0.2) is 4.98 Å². The smallest absolute Gasteiger partial charge is 0.309 e. The maximum Gasteiger partial charge on any atom is 0.309 e. The molecule has 3 rings (SSSR count). The van der Waals surface area contributed by atoms with E-state index in [1.54, 1.807) is 22.7 Å². The highest BCUT2D eigenvalue weighted by Gasteiger charge is 2.16. The van der Waals surface area contributed by atoms with Gasteiger partial charge in [0.1, 0.15) is 5.65 Å². The lowest BCUT2D eigenvalue weighted by atomic mass is 10.1. The summed E-state index contributed by atoms with van der Waals surface area (Å²) in [5, 5.41) is 9.70. The number of aliphatic carboxylic acids is 1. The largest absolute Gasteiger partial charge is 0.481 e. The zero-order chi connectivity index (χ0) is 15.0. The number of nitrogens with zero attached hydrogens (tertiary/aromatic N) is 2. The minimum absolute atomic E-state index is 0.106. The number of rotatable bonds is 3. The lowest BCUT2D eigenvalue weighted by Gasteiger charge is -2.03. The lowest BCUT2D eigenvalue weighted by Crippen LogP contribution is -2.04. The van der Waals surface area contributed by atoms with Crippen LogP contribution in [0.5, 0.6) is 0 Å². The Morgan fingerprint density at radius 1 is 1.24 bits per heavy atom. The van der Waals surface area contributed by atoms with Crippen molar-refractivity contribution in [2.75, 3.05) is 0 Å². The van der Waals surface area contributed by atoms with Crippen molar-refractivity contribution in [2.45, 2.75) is 13.3 Å². The highest BCUT2D eigenvalue weighted by molar-refractivity contribution is 6.30. The Morgan fingerprint density at radius 2 is 1.95 bits per heavy atom. The molecule has 0 atom stereocenters. The monoisotopic (exact) mass is 300 g/mol. The Morgan fingerprint density at radius 3 is 2.62 bits per heavy atom. The Bertz CT molecular complexity index is 822. The van der Waals surface area contributed by atoms with Gasteiger partial charge in [0, 0.05) is 11.8 Å². The minimum Gasteiger partial charge on any atom is -0.481 e. The zero-order valence-corrected chi connectivity index (χ0v) is 12.1. The second-order valence-corrected chi connectivity index (χ2v) is 5.36. The summed E-state index contributed by atoms with van der Waals surface area (Å²) in [4.78, 5) is 15.7. The molecule has 4 nitrogen and oxygen atoms in total. The molecule has 0 unspecified atom stereocenters. The molecule has 21 heavy (non-hydrogen) atoms. The van der Waals surface area contributed by atoms with Crippen molar-refractivity contribution in [3.8, 4) is 11.3 Å². The first-order valence-electron chi connectivity index (χ1n) is 6.50. The van der Waals surface area contributed by atoms with Gasteiger partial charge in [-0.2, -0.15) is 0 Å². The van der Waals surface area contributed by atoms with Gasteiger partial charge >= 0.3 is 5.97 Å². The molecule has 0 bridgehead atoms. The van der Waals surface area contributed by atoms with Gasteiger partial charge in [-0.15, -0.1) is 0 Å². The number of imidazole rings is 1. The molecule has 2 heterocycles. The molecule has 2 aromatic heterocycles. The Kier molecular flexibility index (Phi) is 3.39. The van der Waals surface area contributed by atoms with Gasteiger partial charge in [0.05, 0.1) is 22.8 Å². The molecule has 0 aliphatic carbocycles. The number of hydrogen-bond donors (Lipinski definition) is 1. The number of carbonyl (C=O) groups is 1. The summed E-state index contributed by atoms with van der Waals surface area (Å²) >= 11 is 6.01. The van der Waals surface area contributed by atoms with Crippen molar-refractivity contribution in [1.29, 1.82) is 0 Å². The Balaban J connectivity index is 2.25. The molecule has 0 aliphatic heterocycles. The third kappa shape index (κ3) is 2.62. The SMILES string of the molecule is Cc1ccc(-c2nc3ccc(Cl)cn3c2CC(=O)O)cc1. The van der Waals surface area contributed by atoms with Crippen LogP contribution in [-0.2, 0) is 11.2 Å². The van der Waals surface area contributed by atoms with Gasteiger partial charge in [0.25, 0.3) is 0 Å². The van der Waals surface area contributed by atoms with Crippen molar-refractivity contribution in [3.05, 3.63) is 58.9 Å². The summed E-state index contributed by atoms with van der Waals surface area (Å²) in [5.41, 5.74) is 4.04. The summed E-state index contributed by atoms with van der Waals surface area (Å²) in [7, 11) is 0. The highest BCUT2D eigenvalue weighted by atomic mass is 35.5. The standard InChI is InChI=1S/C16H13ClN2O2/c1-10-2-4-11(5-3-10)16-13(8-15(20)21)19-9-12(17)6-7-14(19)18-16/h2-7,9H,8H2,1H3,(H,20,21). The average Bonchev–Trinajstić information content (AvgIpc) is 2.77. The van der Waals surface area contributed by atoms with Crippen LogP contribution in [0.1, 0.15) is 11.3 Å². The van der Waals surface area contributed by atoms with Crippen LogP contribution in [0.4, 0.5) is 0 Å². The molecule has 1 N–H and O–H groups in total. The highest BCUT2D eigenvalue weighted by Crippen LogP contribution is 2.26. The summed E-state index contributed by atoms with van der Waals surface area (Å²) in [6, 6.07) is 11.4. The third-order valence-corrected chi connectivity index (χ3v) is 3.55. The molecular weight excluding hydrogens is 288 g/mol. The summed E-state index contributed by atoms with van der Waals surface area (Å²) in [5.74, 6) is -0.898. The molecule has 0 fully saturated rings. The number of aromatic nitrogens is 2. The quantitative estimate of drug-likeness (QED) is 0.804. The van der Waals surface area contributed by atoms with Gasteiger partial charge in [0.2, 0.25) is 0 Å². The van der Waals surface area contributed by atoms with Crippen LogP contribution >= 0.6 is 11.6 Å². The van der Waals surface area contributed by atoms with E-state index in [-0.39, 0.29) is 6.42 Å². The van der Waals surface area contributed by atoms with Gasteiger partial charge in [-0.05, 0) is 19.1 Å². The van der Waals surface area contributed by atoms with E-state index in [9.17, 15) is 4.79 Å². The molecule has 0 saturated heterocycles. The molecule has 3 aromatic rings.